The summed E-state index contributed by atoms with van der Waals surface area (Å²) in [5, 5.41) is 10.3. The maximum atomic E-state index is 12.9. The first-order chi connectivity index (χ1) is 19.9. The van der Waals surface area contributed by atoms with Gasteiger partial charge >= 0.3 is 0 Å². The molecule has 3 aliphatic rings. The van der Waals surface area contributed by atoms with Crippen molar-refractivity contribution in [2.75, 3.05) is 70.5 Å². The molecule has 3 aliphatic heterocycles. The van der Waals surface area contributed by atoms with Crippen molar-refractivity contribution < 1.29 is 14.6 Å². The van der Waals surface area contributed by atoms with Crippen molar-refractivity contribution in [3.63, 3.8) is 0 Å². The molecule has 0 radical (unpaired) electrons. The van der Waals surface area contributed by atoms with Crippen molar-refractivity contribution in [2.24, 2.45) is 5.41 Å². The second-order valence-corrected chi connectivity index (χ2v) is 12.1. The second-order valence-electron chi connectivity index (χ2n) is 12.1. The molecule has 4 aromatic rings. The summed E-state index contributed by atoms with van der Waals surface area (Å²) in [6.07, 6.45) is 3.95. The van der Waals surface area contributed by atoms with E-state index in [0.717, 1.165) is 97.9 Å². The largest absolute Gasteiger partial charge is 0.395 e. The van der Waals surface area contributed by atoms with Crippen LogP contribution in [0.5, 0.6) is 0 Å². The number of H-pyrrole nitrogens is 1. The number of aromatic amines is 1. The lowest BCUT2D eigenvalue weighted by atomic mass is 9.78. The minimum absolute atomic E-state index is 0.0955. The number of carbonyl (C=O) groups excluding carboxylic acids is 1. The van der Waals surface area contributed by atoms with Gasteiger partial charge in [-0.3, -0.25) is 9.69 Å². The highest BCUT2D eigenvalue weighted by atomic mass is 16.5. The van der Waals surface area contributed by atoms with Gasteiger partial charge in [-0.2, -0.15) is 0 Å². The van der Waals surface area contributed by atoms with Gasteiger partial charge in [0, 0.05) is 86.0 Å². The zero-order valence-corrected chi connectivity index (χ0v) is 23.8. The molecule has 2 N–H and O–H groups in total. The molecule has 212 valence electrons. The van der Waals surface area contributed by atoms with Crippen molar-refractivity contribution >= 4 is 22.6 Å². The number of rotatable bonds is 6. The van der Waals surface area contributed by atoms with Crippen LogP contribution in [0.2, 0.25) is 0 Å². The Bertz CT molecular complexity index is 1570. The number of piperazine rings is 1. The van der Waals surface area contributed by atoms with E-state index >= 15 is 0 Å². The van der Waals surface area contributed by atoms with Crippen LogP contribution in [0.25, 0.3) is 33.3 Å². The molecule has 3 saturated heterocycles. The standard InChI is InChI=1S/C33H37N5O3/c1-22-13-26(14-23(2)30(22)37-9-7-36(8-10-37)11-12-39)27-15-28-29(17-35-31(28)34-16-27)24-3-5-25(6-4-24)32(40)38-18-33(19-38)20-41-21-33/h3-6,13-17,39H,7-12,18-21H2,1-2H3,(H,34,35). The normalized spacial score (nSPS) is 18.5. The number of hydrogen-bond acceptors (Lipinski definition) is 6. The Kier molecular flexibility index (Phi) is 6.57. The van der Waals surface area contributed by atoms with Crippen LogP contribution in [0.1, 0.15) is 21.5 Å². The lowest BCUT2D eigenvalue weighted by molar-refractivity contribution is -0.176. The van der Waals surface area contributed by atoms with E-state index in [4.69, 9.17) is 9.72 Å². The van der Waals surface area contributed by atoms with Crippen LogP contribution in [0, 0.1) is 19.3 Å². The quantitative estimate of drug-likeness (QED) is 0.376. The molecule has 1 amide bonds. The van der Waals surface area contributed by atoms with Crippen LogP contribution in [0.4, 0.5) is 5.69 Å². The topological polar surface area (TPSA) is 84.9 Å². The molecule has 7 rings (SSSR count). The van der Waals surface area contributed by atoms with E-state index < -0.39 is 0 Å². The molecule has 0 saturated carbocycles. The smallest absolute Gasteiger partial charge is 0.253 e. The van der Waals surface area contributed by atoms with E-state index in [-0.39, 0.29) is 17.9 Å². The number of likely N-dealkylation sites (tertiary alicyclic amines) is 1. The number of pyridine rings is 1. The minimum Gasteiger partial charge on any atom is -0.395 e. The highest BCUT2D eigenvalue weighted by Crippen LogP contribution is 2.39. The summed E-state index contributed by atoms with van der Waals surface area (Å²) in [5.41, 5.74) is 10.0. The number of β-amino-alcohol motifs (C(OH)–C–C–N with tert-alkyl or cyclic N) is 1. The molecule has 0 unspecified atom stereocenters. The maximum Gasteiger partial charge on any atom is 0.253 e. The Labute approximate surface area is 240 Å². The van der Waals surface area contributed by atoms with E-state index in [2.05, 4.69) is 46.8 Å². The molecular weight excluding hydrogens is 514 g/mol. The average Bonchev–Trinajstić information content (AvgIpc) is 3.35. The van der Waals surface area contributed by atoms with E-state index in [9.17, 15) is 9.90 Å². The molecule has 0 bridgehead atoms. The highest BCUT2D eigenvalue weighted by Gasteiger charge is 2.50. The predicted octanol–water partition coefficient (Wildman–Crippen LogP) is 4.10. The van der Waals surface area contributed by atoms with Crippen molar-refractivity contribution in [3.05, 3.63) is 71.5 Å². The minimum atomic E-state index is 0.0955. The zero-order valence-electron chi connectivity index (χ0n) is 23.8. The molecule has 2 aromatic carbocycles. The number of aliphatic hydroxyl groups is 1. The van der Waals surface area contributed by atoms with E-state index in [1.165, 1.54) is 16.8 Å². The molecule has 2 aromatic heterocycles. The second kappa shape index (κ2) is 10.3. The number of nitrogens with zero attached hydrogens (tertiary/aromatic N) is 4. The molecule has 5 heterocycles. The fraction of sp³-hybridized carbons (Fsp3) is 0.394. The Morgan fingerprint density at radius 2 is 1.68 bits per heavy atom. The molecule has 3 fully saturated rings. The Hall–Kier alpha value is -3.72. The lowest BCUT2D eigenvalue weighted by Gasteiger charge is -2.54. The number of aliphatic hydroxyl groups excluding tert-OH is 1. The van der Waals surface area contributed by atoms with Gasteiger partial charge in [0.2, 0.25) is 0 Å². The monoisotopic (exact) mass is 551 g/mol. The maximum absolute atomic E-state index is 12.9. The zero-order chi connectivity index (χ0) is 28.1. The third kappa shape index (κ3) is 4.70. The molecule has 0 aliphatic carbocycles. The third-order valence-corrected chi connectivity index (χ3v) is 9.06. The number of amides is 1. The summed E-state index contributed by atoms with van der Waals surface area (Å²) in [5.74, 6) is 0.0955. The summed E-state index contributed by atoms with van der Waals surface area (Å²) in [4.78, 5) is 27.7. The molecule has 8 nitrogen and oxygen atoms in total. The highest BCUT2D eigenvalue weighted by molar-refractivity contribution is 5.98. The molecule has 8 heteroatoms. The third-order valence-electron chi connectivity index (χ3n) is 9.06. The van der Waals surface area contributed by atoms with Crippen LogP contribution in [0.15, 0.2) is 54.9 Å². The van der Waals surface area contributed by atoms with Gasteiger partial charge in [0.15, 0.2) is 0 Å². The Balaban J connectivity index is 1.11. The number of nitrogens with one attached hydrogen (secondary N) is 1. The average molecular weight is 552 g/mol. The number of aromatic nitrogens is 2. The van der Waals surface area contributed by atoms with E-state index in [0.29, 0.717) is 0 Å². The molecular formula is C33H37N5O3. The number of ether oxygens (including phenoxy) is 1. The predicted molar refractivity (Wildman–Crippen MR) is 161 cm³/mol. The van der Waals surface area contributed by atoms with E-state index in [1.54, 1.807) is 0 Å². The van der Waals surface area contributed by atoms with Crippen LogP contribution >= 0.6 is 0 Å². The fourth-order valence-electron chi connectivity index (χ4n) is 6.81. The summed E-state index contributed by atoms with van der Waals surface area (Å²) in [6, 6.07) is 14.7. The van der Waals surface area contributed by atoms with Crippen molar-refractivity contribution in [1.82, 2.24) is 19.8 Å². The first-order valence-electron chi connectivity index (χ1n) is 14.6. The summed E-state index contributed by atoms with van der Waals surface area (Å²) in [7, 11) is 0. The lowest BCUT2D eigenvalue weighted by Crippen LogP contribution is -2.67. The van der Waals surface area contributed by atoms with Crippen LogP contribution < -0.4 is 4.90 Å². The molecule has 0 atom stereocenters. The summed E-state index contributed by atoms with van der Waals surface area (Å²) >= 11 is 0. The van der Waals surface area contributed by atoms with Crippen molar-refractivity contribution in [3.8, 4) is 22.3 Å². The van der Waals surface area contributed by atoms with Crippen LogP contribution in [-0.4, -0.2) is 96.4 Å². The molecule has 41 heavy (non-hydrogen) atoms. The Morgan fingerprint density at radius 3 is 2.32 bits per heavy atom. The van der Waals surface area contributed by atoms with Crippen molar-refractivity contribution in [2.45, 2.75) is 13.8 Å². The van der Waals surface area contributed by atoms with Crippen LogP contribution in [-0.2, 0) is 4.74 Å². The van der Waals surface area contributed by atoms with Gasteiger partial charge < -0.3 is 24.6 Å². The summed E-state index contributed by atoms with van der Waals surface area (Å²) < 4.78 is 5.34. The fourth-order valence-corrected chi connectivity index (χ4v) is 6.81. The number of aryl methyl sites for hydroxylation is 2. The van der Waals surface area contributed by atoms with E-state index in [1.807, 2.05) is 41.6 Å². The summed E-state index contributed by atoms with van der Waals surface area (Å²) in [6.45, 7) is 12.4. The van der Waals surface area contributed by atoms with Gasteiger partial charge in [-0.1, -0.05) is 12.1 Å². The van der Waals surface area contributed by atoms with Gasteiger partial charge in [0.05, 0.1) is 25.2 Å². The van der Waals surface area contributed by atoms with Gasteiger partial charge in [0.1, 0.15) is 5.65 Å². The van der Waals surface area contributed by atoms with Gasteiger partial charge in [-0.15, -0.1) is 0 Å². The van der Waals surface area contributed by atoms with Gasteiger partial charge in [-0.25, -0.2) is 4.98 Å². The van der Waals surface area contributed by atoms with Crippen molar-refractivity contribution in [1.29, 1.82) is 0 Å². The molecule has 1 spiro atoms. The number of anilines is 1. The number of fused-ring (bicyclic) bond motifs is 1. The van der Waals surface area contributed by atoms with Gasteiger partial charge in [0.25, 0.3) is 5.91 Å². The van der Waals surface area contributed by atoms with Gasteiger partial charge in [-0.05, 0) is 66.4 Å². The number of benzene rings is 2. The first kappa shape index (κ1) is 26.2. The first-order valence-corrected chi connectivity index (χ1v) is 14.6. The van der Waals surface area contributed by atoms with Crippen LogP contribution in [0.3, 0.4) is 0 Å². The SMILES string of the molecule is Cc1cc(-c2cnc3[nH]cc(-c4ccc(C(=O)N5CC6(COC6)C5)cc4)c3c2)cc(C)c1N1CCN(CCO)CC1. The Morgan fingerprint density at radius 1 is 0.976 bits per heavy atom. The number of hydrogen-bond donors (Lipinski definition) is 2. The number of carbonyl (C=O) groups is 1.